The molecule has 0 radical (unpaired) electrons. The number of quaternary nitrogens is 1. The van der Waals surface area contributed by atoms with Crippen molar-refractivity contribution in [2.45, 2.75) is 77.6 Å². The van der Waals surface area contributed by atoms with Gasteiger partial charge in [0.1, 0.15) is 36.3 Å². The largest absolute Gasteiger partial charge is 1.00 e. The lowest BCUT2D eigenvalue weighted by Gasteiger charge is -2.42. The predicted octanol–water partition coefficient (Wildman–Crippen LogP) is 4.29. The summed E-state index contributed by atoms with van der Waals surface area (Å²) >= 11 is 0. The molecule has 11 heteroatoms. The van der Waals surface area contributed by atoms with Gasteiger partial charge in [-0.1, -0.05) is 72.8 Å². The predicted molar refractivity (Wildman–Crippen MR) is 208 cm³/mol. The van der Waals surface area contributed by atoms with Gasteiger partial charge >= 0.3 is 5.97 Å². The minimum atomic E-state index is -0.775. The van der Waals surface area contributed by atoms with Gasteiger partial charge in [0.15, 0.2) is 0 Å². The van der Waals surface area contributed by atoms with Crippen molar-refractivity contribution in [1.82, 2.24) is 5.32 Å². The van der Waals surface area contributed by atoms with Crippen molar-refractivity contribution in [3.05, 3.63) is 125 Å². The zero-order chi connectivity index (χ0) is 37.1. The summed E-state index contributed by atoms with van der Waals surface area (Å²) in [7, 11) is 2.22. The normalized spacial score (nSPS) is 13.2. The second kappa shape index (κ2) is 21.1. The molecule has 5 N–H and O–H groups in total. The number of primary amides is 1. The molecule has 5 rings (SSSR count). The molecule has 1 heterocycles. The molecule has 0 bridgehead atoms. The van der Waals surface area contributed by atoms with Crippen LogP contribution in [0.4, 0.5) is 0 Å². The minimum absolute atomic E-state index is 0. The van der Waals surface area contributed by atoms with Crippen molar-refractivity contribution in [2.75, 3.05) is 26.7 Å². The number of nitrogens with zero attached hydrogens (tertiary/aromatic N) is 1. The summed E-state index contributed by atoms with van der Waals surface area (Å²) < 4.78 is 12.6. The van der Waals surface area contributed by atoms with Gasteiger partial charge in [-0.05, 0) is 82.9 Å². The molecule has 1 aliphatic rings. The molecule has 4 aromatic carbocycles. The number of hydrogen-bond donors (Lipinski definition) is 4. The van der Waals surface area contributed by atoms with E-state index >= 15 is 0 Å². The van der Waals surface area contributed by atoms with Gasteiger partial charge in [0, 0.05) is 23.7 Å². The number of ether oxygens (including phenoxy) is 2. The molecule has 4 aromatic rings. The zero-order valence-electron chi connectivity index (χ0n) is 31.5. The number of nitrogens with one attached hydrogen (secondary N) is 1. The molecule has 1 aliphatic heterocycles. The Hall–Kier alpha value is -3.93. The fourth-order valence-corrected chi connectivity index (χ4v) is 6.22. The van der Waals surface area contributed by atoms with Crippen LogP contribution < -0.4 is 32.8 Å². The summed E-state index contributed by atoms with van der Waals surface area (Å²) in [5.41, 5.74) is 8.79. The molecule has 0 aromatic heterocycles. The Morgan fingerprint density at radius 1 is 0.868 bits per heavy atom. The number of rotatable bonds is 14. The number of benzene rings is 4. The van der Waals surface area contributed by atoms with Crippen LogP contribution in [0.1, 0.15) is 85.7 Å². The number of para-hydroxylation sites is 2. The Morgan fingerprint density at radius 2 is 1.42 bits per heavy atom. The Morgan fingerprint density at radius 3 is 1.96 bits per heavy atom. The van der Waals surface area contributed by atoms with Gasteiger partial charge in [-0.25, -0.2) is 0 Å². The molecule has 288 valence electrons. The highest BCUT2D eigenvalue weighted by Crippen LogP contribution is 2.44. The van der Waals surface area contributed by atoms with Crippen LogP contribution in [0.2, 0.25) is 0 Å². The van der Waals surface area contributed by atoms with E-state index in [0.717, 1.165) is 46.5 Å². The standard InChI is InChI=1S/C23H30NO3.C19H24N2O3.BrH.ClH/c1-16(2)24(5,17(3)4)14-15-26-23(25)22-18-10-6-8-12-20(18)27-21-13-9-7-11-19(21)22;1-13(7-8-14-5-3-2-4-6-14)21-12-18(23)15-9-10-17(22)16(11-15)19(20)24;;/h6-13,16-17,22H,14-15H2,1-5H3;2-6,9-11,13,18,21-23H,7-8,12H2,1H3,(H2,20,24);2*1H/q+1;;;/p-1. The van der Waals surface area contributed by atoms with Crippen LogP contribution in [0.25, 0.3) is 0 Å². The molecule has 1 amide bonds. The minimum Gasteiger partial charge on any atom is -1.00 e. The quantitative estimate of drug-likeness (QED) is 0.111. The molecule has 0 saturated heterocycles. The Labute approximate surface area is 331 Å². The van der Waals surface area contributed by atoms with E-state index < -0.39 is 17.9 Å². The summed E-state index contributed by atoms with van der Waals surface area (Å²) in [4.78, 5) is 24.3. The van der Waals surface area contributed by atoms with Gasteiger partial charge in [0.25, 0.3) is 5.91 Å². The van der Waals surface area contributed by atoms with Crippen molar-refractivity contribution in [3.63, 3.8) is 0 Å². The maximum Gasteiger partial charge on any atom is 0.318 e. The number of nitrogens with two attached hydrogens (primary N) is 1. The maximum atomic E-state index is 13.1. The van der Waals surface area contributed by atoms with Gasteiger partial charge in [-0.15, -0.1) is 12.4 Å². The van der Waals surface area contributed by atoms with Gasteiger partial charge in [0.2, 0.25) is 0 Å². The van der Waals surface area contributed by atoms with E-state index in [1.165, 1.54) is 17.7 Å². The summed E-state index contributed by atoms with van der Waals surface area (Å²) in [6, 6.07) is 31.2. The Kier molecular flexibility index (Phi) is 18.0. The van der Waals surface area contributed by atoms with Gasteiger partial charge in [-0.3, -0.25) is 9.59 Å². The number of likely N-dealkylation sites (N-methyl/N-ethyl adjacent to an activating group) is 1. The third-order valence-electron chi connectivity index (χ3n) is 10.1. The van der Waals surface area contributed by atoms with Gasteiger partial charge < -0.3 is 52.2 Å². The van der Waals surface area contributed by atoms with Crippen LogP contribution in [0.5, 0.6) is 17.2 Å². The molecule has 2 unspecified atom stereocenters. The molecule has 0 fully saturated rings. The van der Waals surface area contributed by atoms with Crippen LogP contribution >= 0.6 is 12.4 Å². The molecular formula is C42H55BrClN3O6. The van der Waals surface area contributed by atoms with Crippen molar-refractivity contribution in [2.24, 2.45) is 5.73 Å². The van der Waals surface area contributed by atoms with Crippen LogP contribution in [-0.2, 0) is 16.0 Å². The van der Waals surface area contributed by atoms with E-state index in [1.54, 1.807) is 6.07 Å². The van der Waals surface area contributed by atoms with E-state index in [-0.39, 0.29) is 52.7 Å². The summed E-state index contributed by atoms with van der Waals surface area (Å²) in [5.74, 6) is -0.0973. The number of amides is 1. The van der Waals surface area contributed by atoms with Crippen molar-refractivity contribution < 1.29 is 50.7 Å². The number of fused-ring (bicyclic) bond motifs is 2. The Balaban J connectivity index is 0.000000356. The summed E-state index contributed by atoms with van der Waals surface area (Å²) in [6.45, 7) is 12.5. The average Bonchev–Trinajstić information content (AvgIpc) is 3.12. The number of phenols is 1. The molecule has 0 spiro atoms. The fraction of sp³-hybridized carbons (Fsp3) is 0.381. The monoisotopic (exact) mass is 811 g/mol. The first-order valence-corrected chi connectivity index (χ1v) is 17.8. The van der Waals surface area contributed by atoms with E-state index in [4.69, 9.17) is 15.2 Å². The number of aryl methyl sites for hydroxylation is 1. The number of hydrogen-bond acceptors (Lipinski definition) is 7. The topological polar surface area (TPSA) is 131 Å². The first-order valence-electron chi connectivity index (χ1n) is 17.8. The Bertz CT molecular complexity index is 1700. The van der Waals surface area contributed by atoms with Crippen LogP contribution in [-0.4, -0.2) is 71.4 Å². The lowest BCUT2D eigenvalue weighted by Crippen LogP contribution is -3.00. The molecule has 9 nitrogen and oxygen atoms in total. The zero-order valence-corrected chi connectivity index (χ0v) is 33.9. The van der Waals surface area contributed by atoms with E-state index in [9.17, 15) is 19.8 Å². The number of aliphatic hydroxyl groups is 1. The highest BCUT2D eigenvalue weighted by Gasteiger charge is 2.35. The van der Waals surface area contributed by atoms with Crippen molar-refractivity contribution in [1.29, 1.82) is 0 Å². The van der Waals surface area contributed by atoms with Gasteiger partial charge in [0.05, 0.1) is 30.8 Å². The summed E-state index contributed by atoms with van der Waals surface area (Å²) in [5, 5.41) is 23.1. The first-order chi connectivity index (χ1) is 24.3. The number of carbonyl (C=O) groups is 2. The SMILES string of the molecule is CC(C)[N+](C)(CCOC(=O)C1c2ccccc2Oc2ccccc21)C(C)C.CC(CCc1ccccc1)NCC(O)c1ccc(O)c(C(N)=O)c1.Cl.[Br-]. The number of halogens is 2. The van der Waals surface area contributed by atoms with Crippen LogP contribution in [0, 0.1) is 0 Å². The molecule has 53 heavy (non-hydrogen) atoms. The van der Waals surface area contributed by atoms with Gasteiger partial charge in [-0.2, -0.15) is 0 Å². The smallest absolute Gasteiger partial charge is 0.318 e. The molecule has 2 atom stereocenters. The number of esters is 1. The highest BCUT2D eigenvalue weighted by molar-refractivity contribution is 5.95. The molecule has 0 saturated carbocycles. The first kappa shape index (κ1) is 45.2. The summed E-state index contributed by atoms with van der Waals surface area (Å²) in [6.07, 6.45) is 1.15. The second-order valence-corrected chi connectivity index (χ2v) is 14.0. The average molecular weight is 813 g/mol. The third kappa shape index (κ3) is 12.0. The lowest BCUT2D eigenvalue weighted by atomic mass is 9.88. The third-order valence-corrected chi connectivity index (χ3v) is 10.1. The maximum absolute atomic E-state index is 13.1. The van der Waals surface area contributed by atoms with E-state index in [1.807, 2.05) is 66.7 Å². The van der Waals surface area contributed by atoms with Crippen molar-refractivity contribution >= 4 is 24.3 Å². The molecular weight excluding hydrogens is 758 g/mol. The number of aliphatic hydroxyl groups excluding tert-OH is 1. The van der Waals surface area contributed by atoms with E-state index in [0.29, 0.717) is 30.8 Å². The highest BCUT2D eigenvalue weighted by atomic mass is 79.9. The fourth-order valence-electron chi connectivity index (χ4n) is 6.22. The van der Waals surface area contributed by atoms with Crippen molar-refractivity contribution in [3.8, 4) is 17.2 Å². The number of carbonyl (C=O) groups excluding carboxylic acids is 2. The molecule has 0 aliphatic carbocycles. The van der Waals surface area contributed by atoms with E-state index in [2.05, 4.69) is 59.1 Å². The van der Waals surface area contributed by atoms with Crippen LogP contribution in [0.3, 0.4) is 0 Å². The number of aromatic hydroxyl groups is 1. The lowest BCUT2D eigenvalue weighted by molar-refractivity contribution is -0.949. The van der Waals surface area contributed by atoms with Crippen LogP contribution in [0.15, 0.2) is 97.1 Å². The second-order valence-electron chi connectivity index (χ2n) is 14.0.